The largest absolute Gasteiger partial charge is 0.573 e. The summed E-state index contributed by atoms with van der Waals surface area (Å²) < 4.78 is 78.9. The van der Waals surface area contributed by atoms with Crippen LogP contribution in [0.1, 0.15) is 17.4 Å². The number of hydrogen-bond acceptors (Lipinski definition) is 7. The van der Waals surface area contributed by atoms with Crippen molar-refractivity contribution in [3.63, 3.8) is 0 Å². The Morgan fingerprint density at radius 2 is 1.71 bits per heavy atom. The molecule has 3 aromatic rings. The van der Waals surface area contributed by atoms with Gasteiger partial charge in [0.05, 0.1) is 6.20 Å². The van der Waals surface area contributed by atoms with Gasteiger partial charge in [-0.2, -0.15) is 4.31 Å². The zero-order valence-electron chi connectivity index (χ0n) is 17.8. The predicted molar refractivity (Wildman–Crippen MR) is 115 cm³/mol. The average molecular weight is 509 g/mol. The summed E-state index contributed by atoms with van der Waals surface area (Å²) in [7, 11) is -4.15. The Morgan fingerprint density at radius 3 is 2.34 bits per heavy atom. The summed E-state index contributed by atoms with van der Waals surface area (Å²) in [6.45, 7) is 0.0435. The van der Waals surface area contributed by atoms with Crippen LogP contribution in [0.4, 0.5) is 18.0 Å². The molecule has 0 bridgehead atoms. The summed E-state index contributed by atoms with van der Waals surface area (Å²) >= 11 is 0. The molecule has 1 unspecified atom stereocenters. The second kappa shape index (κ2) is 9.43. The molecule has 1 aliphatic heterocycles. The van der Waals surface area contributed by atoms with E-state index in [0.717, 1.165) is 28.2 Å². The molecule has 0 saturated heterocycles. The molecule has 1 amide bonds. The summed E-state index contributed by atoms with van der Waals surface area (Å²) in [6.07, 6.45) is -5.72. The van der Waals surface area contributed by atoms with Crippen molar-refractivity contribution in [2.24, 2.45) is 5.73 Å². The van der Waals surface area contributed by atoms with Gasteiger partial charge in [-0.3, -0.25) is 0 Å². The van der Waals surface area contributed by atoms with E-state index >= 15 is 0 Å². The maximum Gasteiger partial charge on any atom is 0.573 e. The smallest absolute Gasteiger partial charge is 0.439 e. The summed E-state index contributed by atoms with van der Waals surface area (Å²) in [5.41, 5.74) is 6.52. The molecule has 2 N–H and O–H groups in total. The molecule has 1 atom stereocenters. The van der Waals surface area contributed by atoms with Gasteiger partial charge in [-0.05, 0) is 42.3 Å². The Bertz CT molecular complexity index is 1320. The molecule has 0 aliphatic carbocycles. The van der Waals surface area contributed by atoms with Crippen molar-refractivity contribution in [1.82, 2.24) is 9.29 Å². The third-order valence-corrected chi connectivity index (χ3v) is 6.84. The van der Waals surface area contributed by atoms with Crippen LogP contribution in [0, 0.1) is 0 Å². The summed E-state index contributed by atoms with van der Waals surface area (Å²) in [5, 5.41) is 0. The Balaban J connectivity index is 1.52. The number of hydrogen-bond donors (Lipinski definition) is 1. The molecule has 0 radical (unpaired) electrons. The van der Waals surface area contributed by atoms with Crippen molar-refractivity contribution >= 4 is 16.1 Å². The van der Waals surface area contributed by atoms with Gasteiger partial charge in [-0.25, -0.2) is 18.2 Å². The van der Waals surface area contributed by atoms with E-state index < -0.39 is 34.5 Å². The number of benzene rings is 2. The first kappa shape index (κ1) is 24.3. The molecule has 184 valence electrons. The molecule has 2 heterocycles. The predicted octanol–water partition coefficient (Wildman–Crippen LogP) is 4.11. The number of alkyl halides is 3. The number of rotatable bonds is 6. The van der Waals surface area contributed by atoms with Crippen LogP contribution in [0.5, 0.6) is 17.4 Å². The van der Waals surface area contributed by atoms with Crippen LogP contribution in [0.3, 0.4) is 0 Å². The number of amides is 1. The van der Waals surface area contributed by atoms with E-state index in [0.29, 0.717) is 12.0 Å². The molecule has 0 saturated carbocycles. The van der Waals surface area contributed by atoms with Crippen molar-refractivity contribution in [3.8, 4) is 17.4 Å². The fourth-order valence-electron chi connectivity index (χ4n) is 3.53. The van der Waals surface area contributed by atoms with Crippen LogP contribution in [0.25, 0.3) is 0 Å². The number of aromatic nitrogens is 1. The molecule has 2 aromatic carbocycles. The SMILES string of the molecule is NC(=O)OC1c2ccccc2CCN1S(=O)(=O)c1ccc(Oc2ccc(OC(F)(F)F)cc2)nc1. The Hall–Kier alpha value is -3.84. The van der Waals surface area contributed by atoms with Gasteiger partial charge < -0.3 is 19.9 Å². The number of pyridine rings is 1. The molecule has 4 rings (SSSR count). The third-order valence-electron chi connectivity index (χ3n) is 5.01. The lowest BCUT2D eigenvalue weighted by atomic mass is 10.00. The lowest BCUT2D eigenvalue weighted by molar-refractivity contribution is -0.274. The Morgan fingerprint density at radius 1 is 1.03 bits per heavy atom. The van der Waals surface area contributed by atoms with Crippen LogP contribution in [0.15, 0.2) is 71.8 Å². The molecular formula is C22H18F3N3O6S. The van der Waals surface area contributed by atoms with Gasteiger partial charge in [0, 0.05) is 18.2 Å². The maximum absolute atomic E-state index is 13.3. The molecule has 9 nitrogen and oxygen atoms in total. The van der Waals surface area contributed by atoms with Crippen molar-refractivity contribution in [3.05, 3.63) is 78.0 Å². The van der Waals surface area contributed by atoms with Crippen molar-refractivity contribution in [2.75, 3.05) is 6.54 Å². The van der Waals surface area contributed by atoms with E-state index in [-0.39, 0.29) is 23.1 Å². The number of nitrogens with zero attached hydrogens (tertiary/aromatic N) is 2. The number of fused-ring (bicyclic) bond motifs is 1. The number of carbonyl (C=O) groups excluding carboxylic acids is 1. The molecule has 13 heteroatoms. The van der Waals surface area contributed by atoms with E-state index in [1.165, 1.54) is 24.3 Å². The van der Waals surface area contributed by atoms with Crippen LogP contribution in [-0.2, 0) is 21.2 Å². The molecule has 35 heavy (non-hydrogen) atoms. The lowest BCUT2D eigenvalue weighted by Crippen LogP contribution is -2.42. The van der Waals surface area contributed by atoms with Gasteiger partial charge in [0.15, 0.2) is 6.23 Å². The zero-order valence-corrected chi connectivity index (χ0v) is 18.6. The van der Waals surface area contributed by atoms with E-state index in [1.807, 2.05) is 6.07 Å². The fourth-order valence-corrected chi connectivity index (χ4v) is 4.97. The number of carbonyl (C=O) groups is 1. The van der Waals surface area contributed by atoms with Crippen molar-refractivity contribution in [2.45, 2.75) is 23.9 Å². The van der Waals surface area contributed by atoms with Gasteiger partial charge in [-0.1, -0.05) is 24.3 Å². The van der Waals surface area contributed by atoms with Crippen LogP contribution in [-0.4, -0.2) is 36.7 Å². The average Bonchev–Trinajstić information content (AvgIpc) is 2.79. The first-order valence-corrected chi connectivity index (χ1v) is 11.5. The maximum atomic E-state index is 13.3. The fraction of sp³-hybridized carbons (Fsp3) is 0.182. The Kier molecular flexibility index (Phi) is 6.54. The quantitative estimate of drug-likeness (QED) is 0.531. The number of nitrogens with two attached hydrogens (primary N) is 1. The minimum atomic E-state index is -4.82. The molecule has 0 fully saturated rings. The standard InChI is InChI=1S/C22H18F3N3O6S/c23-22(24,25)34-16-7-5-15(6-8-16)32-19-10-9-17(13-27-19)35(30,31)28-12-11-14-3-1-2-4-18(14)20(28)33-21(26)29/h1-10,13,20H,11-12H2,(H2,26,29). The first-order valence-electron chi connectivity index (χ1n) is 10.1. The first-order chi connectivity index (χ1) is 16.5. The molecule has 1 aliphatic rings. The van der Waals surface area contributed by atoms with Gasteiger partial charge in [0.25, 0.3) is 0 Å². The minimum Gasteiger partial charge on any atom is -0.439 e. The molecule has 1 aromatic heterocycles. The highest BCUT2D eigenvalue weighted by atomic mass is 32.2. The van der Waals surface area contributed by atoms with Gasteiger partial charge in [0.1, 0.15) is 16.4 Å². The van der Waals surface area contributed by atoms with Crippen LogP contribution in [0.2, 0.25) is 0 Å². The highest BCUT2D eigenvalue weighted by Gasteiger charge is 2.39. The van der Waals surface area contributed by atoms with Crippen LogP contribution >= 0.6 is 0 Å². The lowest BCUT2D eigenvalue weighted by Gasteiger charge is -2.34. The monoisotopic (exact) mass is 509 g/mol. The number of halogens is 3. The second-order valence-corrected chi connectivity index (χ2v) is 9.20. The van der Waals surface area contributed by atoms with Gasteiger partial charge in [0.2, 0.25) is 15.9 Å². The zero-order chi connectivity index (χ0) is 25.2. The highest BCUT2D eigenvalue weighted by Crippen LogP contribution is 2.35. The van der Waals surface area contributed by atoms with E-state index in [2.05, 4.69) is 9.72 Å². The molecule has 0 spiro atoms. The van der Waals surface area contributed by atoms with E-state index in [4.69, 9.17) is 15.2 Å². The van der Waals surface area contributed by atoms with Crippen molar-refractivity contribution in [1.29, 1.82) is 0 Å². The molecular weight excluding hydrogens is 491 g/mol. The second-order valence-electron chi connectivity index (χ2n) is 7.31. The summed E-state index contributed by atoms with van der Waals surface area (Å²) in [4.78, 5) is 15.3. The number of sulfonamides is 1. The van der Waals surface area contributed by atoms with Crippen molar-refractivity contribution < 1.29 is 40.6 Å². The summed E-state index contributed by atoms with van der Waals surface area (Å²) in [5.74, 6) is -0.261. The number of ether oxygens (including phenoxy) is 3. The van der Waals surface area contributed by atoms with E-state index in [9.17, 15) is 26.4 Å². The van der Waals surface area contributed by atoms with Crippen LogP contribution < -0.4 is 15.2 Å². The normalized spacial score (nSPS) is 16.3. The van der Waals surface area contributed by atoms with Gasteiger partial charge >= 0.3 is 12.5 Å². The minimum absolute atomic E-state index is 0.00219. The van der Waals surface area contributed by atoms with Gasteiger partial charge in [-0.15, -0.1) is 13.2 Å². The Labute approximate surface area is 197 Å². The number of primary amides is 1. The summed E-state index contributed by atoms with van der Waals surface area (Å²) in [6, 6.07) is 14.1. The third kappa shape index (κ3) is 5.63. The van der Waals surface area contributed by atoms with E-state index in [1.54, 1.807) is 18.2 Å². The topological polar surface area (TPSA) is 121 Å². The highest BCUT2D eigenvalue weighted by molar-refractivity contribution is 7.89.